The highest BCUT2D eigenvalue weighted by Crippen LogP contribution is 2.30. The highest BCUT2D eigenvalue weighted by molar-refractivity contribution is 6.00. The van der Waals surface area contributed by atoms with Crippen molar-refractivity contribution < 1.29 is 15.0 Å². The van der Waals surface area contributed by atoms with Crippen LogP contribution in [0.25, 0.3) is 0 Å². The zero-order chi connectivity index (χ0) is 14.8. The van der Waals surface area contributed by atoms with Crippen molar-refractivity contribution in [3.8, 4) is 11.5 Å². The first-order valence-electron chi connectivity index (χ1n) is 7.62. The number of Topliss-reactive ketones (excluding diaryl/α,β-unsaturated/α-hetero) is 1. The highest BCUT2D eigenvalue weighted by Gasteiger charge is 2.27. The van der Waals surface area contributed by atoms with E-state index in [0.29, 0.717) is 6.54 Å². The predicted octanol–water partition coefficient (Wildman–Crippen LogP) is 1.31. The normalized spacial score (nSPS) is 20.6. The maximum Gasteiger partial charge on any atom is 0.180 e. The molecule has 0 spiro atoms. The minimum Gasteiger partial charge on any atom is -0.508 e. The van der Waals surface area contributed by atoms with E-state index >= 15 is 0 Å². The van der Waals surface area contributed by atoms with Crippen LogP contribution >= 0.6 is 0 Å². The van der Waals surface area contributed by atoms with Crippen LogP contribution in [0.3, 0.4) is 0 Å². The molecule has 5 nitrogen and oxygen atoms in total. The molecule has 1 aliphatic heterocycles. The molecule has 114 valence electrons. The molecule has 0 radical (unpaired) electrons. The number of aromatic hydroxyl groups is 2. The lowest BCUT2D eigenvalue weighted by Crippen LogP contribution is -2.48. The number of carbonyl (C=O) groups is 1. The van der Waals surface area contributed by atoms with Crippen LogP contribution in [0.5, 0.6) is 11.5 Å². The van der Waals surface area contributed by atoms with Gasteiger partial charge in [-0.2, -0.15) is 0 Å². The van der Waals surface area contributed by atoms with E-state index < -0.39 is 0 Å². The van der Waals surface area contributed by atoms with E-state index in [1.807, 2.05) is 0 Å². The van der Waals surface area contributed by atoms with E-state index in [2.05, 4.69) is 9.80 Å². The van der Waals surface area contributed by atoms with Gasteiger partial charge in [0.05, 0.1) is 12.1 Å². The van der Waals surface area contributed by atoms with Gasteiger partial charge in [0.1, 0.15) is 11.5 Å². The van der Waals surface area contributed by atoms with Crippen LogP contribution in [0, 0.1) is 5.92 Å². The average Bonchev–Trinajstić information content (AvgIpc) is 3.25. The van der Waals surface area contributed by atoms with E-state index in [1.165, 1.54) is 37.6 Å². The number of rotatable bonds is 5. The molecule has 0 unspecified atom stereocenters. The third kappa shape index (κ3) is 3.74. The van der Waals surface area contributed by atoms with Gasteiger partial charge in [-0.15, -0.1) is 0 Å². The van der Waals surface area contributed by atoms with E-state index in [1.54, 1.807) is 0 Å². The average molecular weight is 290 g/mol. The number of piperazine rings is 1. The predicted molar refractivity (Wildman–Crippen MR) is 79.7 cm³/mol. The van der Waals surface area contributed by atoms with Crippen molar-refractivity contribution >= 4 is 5.78 Å². The van der Waals surface area contributed by atoms with Gasteiger partial charge >= 0.3 is 0 Å². The lowest BCUT2D eigenvalue weighted by Gasteiger charge is -2.34. The third-order valence-corrected chi connectivity index (χ3v) is 4.33. The largest absolute Gasteiger partial charge is 0.508 e. The van der Waals surface area contributed by atoms with Gasteiger partial charge in [-0.05, 0) is 30.9 Å². The molecule has 0 amide bonds. The van der Waals surface area contributed by atoms with E-state index in [4.69, 9.17) is 0 Å². The molecule has 1 saturated carbocycles. The minimum absolute atomic E-state index is 0.0299. The molecule has 0 bridgehead atoms. The maximum atomic E-state index is 12.2. The first kappa shape index (κ1) is 14.4. The standard InChI is InChI=1S/C16H22N2O3/c19-13-3-4-14(15(20)9-13)16(21)11-18-7-5-17(6-8-18)10-12-1-2-12/h3-4,9,12,19-20H,1-2,5-8,10-11H2. The summed E-state index contributed by atoms with van der Waals surface area (Å²) in [5.74, 6) is 0.639. The Labute approximate surface area is 124 Å². The van der Waals surface area contributed by atoms with Crippen LogP contribution in [-0.2, 0) is 0 Å². The molecule has 0 atom stereocenters. The monoisotopic (exact) mass is 290 g/mol. The summed E-state index contributed by atoms with van der Waals surface area (Å²) in [5.41, 5.74) is 0.285. The molecule has 1 saturated heterocycles. The quantitative estimate of drug-likeness (QED) is 0.801. The lowest BCUT2D eigenvalue weighted by molar-refractivity contribution is 0.0844. The van der Waals surface area contributed by atoms with Crippen LogP contribution in [0.15, 0.2) is 18.2 Å². The van der Waals surface area contributed by atoms with E-state index in [-0.39, 0.29) is 22.8 Å². The Balaban J connectivity index is 1.51. The van der Waals surface area contributed by atoms with Gasteiger partial charge in [0.25, 0.3) is 0 Å². The second-order valence-electron chi connectivity index (χ2n) is 6.14. The number of hydrogen-bond acceptors (Lipinski definition) is 5. The summed E-state index contributed by atoms with van der Waals surface area (Å²) in [6.45, 7) is 5.38. The Morgan fingerprint density at radius 1 is 1.10 bits per heavy atom. The fourth-order valence-electron chi connectivity index (χ4n) is 2.84. The van der Waals surface area contributed by atoms with Gasteiger partial charge in [-0.25, -0.2) is 0 Å². The molecule has 5 heteroatoms. The lowest BCUT2D eigenvalue weighted by atomic mass is 10.1. The van der Waals surface area contributed by atoms with Gasteiger partial charge in [0.15, 0.2) is 5.78 Å². The molecule has 1 aromatic rings. The van der Waals surface area contributed by atoms with Crippen LogP contribution in [0.4, 0.5) is 0 Å². The van der Waals surface area contributed by atoms with Crippen LogP contribution in [0.1, 0.15) is 23.2 Å². The van der Waals surface area contributed by atoms with Crippen LogP contribution in [-0.4, -0.2) is 65.1 Å². The molecule has 2 aliphatic rings. The summed E-state index contributed by atoms with van der Waals surface area (Å²) >= 11 is 0. The number of nitrogens with zero attached hydrogens (tertiary/aromatic N) is 2. The van der Waals surface area contributed by atoms with Crippen molar-refractivity contribution in [1.29, 1.82) is 0 Å². The molecule has 1 heterocycles. The van der Waals surface area contributed by atoms with Gasteiger partial charge in [0, 0.05) is 38.8 Å². The van der Waals surface area contributed by atoms with Crippen molar-refractivity contribution in [2.24, 2.45) is 5.92 Å². The number of ketones is 1. The first-order chi connectivity index (χ1) is 10.1. The molecule has 2 N–H and O–H groups in total. The zero-order valence-corrected chi connectivity index (χ0v) is 12.2. The second kappa shape index (κ2) is 6.03. The van der Waals surface area contributed by atoms with Gasteiger partial charge in [0.2, 0.25) is 0 Å². The van der Waals surface area contributed by atoms with Crippen molar-refractivity contribution in [3.63, 3.8) is 0 Å². The molecule has 2 fully saturated rings. The van der Waals surface area contributed by atoms with Crippen molar-refractivity contribution in [2.75, 3.05) is 39.3 Å². The molecule has 0 aromatic heterocycles. The smallest absolute Gasteiger partial charge is 0.180 e. The summed E-state index contributed by atoms with van der Waals surface area (Å²) in [4.78, 5) is 16.8. The Morgan fingerprint density at radius 3 is 2.38 bits per heavy atom. The SMILES string of the molecule is O=C(CN1CCN(CC2CC2)CC1)c1ccc(O)cc1O. The molecular formula is C16H22N2O3. The van der Waals surface area contributed by atoms with Gasteiger partial charge in [-0.1, -0.05) is 0 Å². The zero-order valence-electron chi connectivity index (χ0n) is 12.2. The number of phenols is 2. The highest BCUT2D eigenvalue weighted by atomic mass is 16.3. The van der Waals surface area contributed by atoms with Crippen molar-refractivity contribution in [2.45, 2.75) is 12.8 Å². The van der Waals surface area contributed by atoms with E-state index in [9.17, 15) is 15.0 Å². The summed E-state index contributed by atoms with van der Waals surface area (Å²) < 4.78 is 0. The van der Waals surface area contributed by atoms with Gasteiger partial charge in [-0.3, -0.25) is 9.69 Å². The number of benzene rings is 1. The summed E-state index contributed by atoms with van der Waals surface area (Å²) in [7, 11) is 0. The third-order valence-electron chi connectivity index (χ3n) is 4.33. The maximum absolute atomic E-state index is 12.2. The van der Waals surface area contributed by atoms with Crippen molar-refractivity contribution in [3.05, 3.63) is 23.8 Å². The number of carbonyl (C=O) groups excluding carboxylic acids is 1. The number of hydrogen-bond donors (Lipinski definition) is 2. The second-order valence-corrected chi connectivity index (χ2v) is 6.14. The summed E-state index contributed by atoms with van der Waals surface area (Å²) in [5, 5.41) is 19.0. The fraction of sp³-hybridized carbons (Fsp3) is 0.562. The van der Waals surface area contributed by atoms with Crippen molar-refractivity contribution in [1.82, 2.24) is 9.80 Å². The Hall–Kier alpha value is -1.59. The molecule has 3 rings (SSSR count). The topological polar surface area (TPSA) is 64.0 Å². The molecular weight excluding hydrogens is 268 g/mol. The first-order valence-corrected chi connectivity index (χ1v) is 7.62. The molecule has 1 aliphatic carbocycles. The molecule has 21 heavy (non-hydrogen) atoms. The summed E-state index contributed by atoms with van der Waals surface area (Å²) in [6.07, 6.45) is 2.75. The fourth-order valence-corrected chi connectivity index (χ4v) is 2.84. The Bertz CT molecular complexity index is 520. The van der Waals surface area contributed by atoms with Gasteiger partial charge < -0.3 is 15.1 Å². The van der Waals surface area contributed by atoms with Crippen LogP contribution in [0.2, 0.25) is 0 Å². The summed E-state index contributed by atoms with van der Waals surface area (Å²) in [6, 6.07) is 4.12. The Morgan fingerprint density at radius 2 is 1.76 bits per heavy atom. The Kier molecular flexibility index (Phi) is 4.12. The van der Waals surface area contributed by atoms with E-state index in [0.717, 1.165) is 32.1 Å². The minimum atomic E-state index is -0.146. The molecule has 1 aromatic carbocycles. The van der Waals surface area contributed by atoms with Crippen LogP contribution < -0.4 is 0 Å². The number of phenolic OH excluding ortho intramolecular Hbond substituents is 2.